The molecule has 0 saturated heterocycles. The Morgan fingerprint density at radius 2 is 2.00 bits per heavy atom. The van der Waals surface area contributed by atoms with Gasteiger partial charge in [-0.2, -0.15) is 0 Å². The fourth-order valence-corrected chi connectivity index (χ4v) is 2.26. The molecular weight excluding hydrogens is 246 g/mol. The third-order valence-corrected chi connectivity index (χ3v) is 3.88. The van der Waals surface area contributed by atoms with Crippen LogP contribution in [0.2, 0.25) is 0 Å². The van der Waals surface area contributed by atoms with Gasteiger partial charge in [-0.05, 0) is 31.8 Å². The summed E-state index contributed by atoms with van der Waals surface area (Å²) in [7, 11) is 2.00. The molecular formula is C13H25N3O3. The highest BCUT2D eigenvalue weighted by Gasteiger charge is 2.39. The summed E-state index contributed by atoms with van der Waals surface area (Å²) in [6, 6.07) is -0.207. The molecule has 6 nitrogen and oxygen atoms in total. The van der Waals surface area contributed by atoms with Gasteiger partial charge in [0.25, 0.3) is 0 Å². The molecule has 1 aliphatic rings. The fourth-order valence-electron chi connectivity index (χ4n) is 2.26. The summed E-state index contributed by atoms with van der Waals surface area (Å²) in [6.07, 6.45) is 2.97. The molecule has 1 aliphatic carbocycles. The van der Waals surface area contributed by atoms with E-state index < -0.39 is 5.97 Å². The molecule has 0 aliphatic heterocycles. The van der Waals surface area contributed by atoms with Crippen LogP contribution in [0.3, 0.4) is 0 Å². The van der Waals surface area contributed by atoms with Crippen molar-refractivity contribution in [3.63, 3.8) is 0 Å². The third kappa shape index (κ3) is 5.46. The number of amides is 2. The number of carbonyl (C=O) groups is 2. The van der Waals surface area contributed by atoms with Crippen molar-refractivity contribution in [3.05, 3.63) is 0 Å². The normalized spacial score (nSPS) is 16.8. The van der Waals surface area contributed by atoms with Gasteiger partial charge in [0.1, 0.15) is 0 Å². The highest BCUT2D eigenvalue weighted by atomic mass is 16.4. The van der Waals surface area contributed by atoms with Gasteiger partial charge in [-0.3, -0.25) is 4.79 Å². The maximum absolute atomic E-state index is 11.6. The van der Waals surface area contributed by atoms with E-state index in [0.717, 1.165) is 32.4 Å². The molecule has 1 fully saturated rings. The Kier molecular flexibility index (Phi) is 6.08. The van der Waals surface area contributed by atoms with Crippen LogP contribution in [-0.2, 0) is 4.79 Å². The van der Waals surface area contributed by atoms with E-state index in [4.69, 9.17) is 5.11 Å². The minimum atomic E-state index is -0.786. The van der Waals surface area contributed by atoms with E-state index in [1.54, 1.807) is 0 Å². The molecule has 0 aromatic heterocycles. The molecule has 110 valence electrons. The van der Waals surface area contributed by atoms with Crippen molar-refractivity contribution >= 4 is 12.0 Å². The summed E-state index contributed by atoms with van der Waals surface area (Å²) >= 11 is 0. The highest BCUT2D eigenvalue weighted by molar-refractivity contribution is 5.74. The Morgan fingerprint density at radius 3 is 2.47 bits per heavy atom. The molecule has 3 N–H and O–H groups in total. The standard InChI is InChI=1S/C13H25N3O3/c1-3-16(2)8-7-14-12(19)15-10-13(5-4-6-13)9-11(17)18/h3-10H2,1-2H3,(H,17,18)(H2,14,15,19). The van der Waals surface area contributed by atoms with Crippen LogP contribution in [-0.4, -0.2) is 55.2 Å². The van der Waals surface area contributed by atoms with Gasteiger partial charge in [0, 0.05) is 19.6 Å². The minimum absolute atomic E-state index is 0.145. The Morgan fingerprint density at radius 1 is 1.32 bits per heavy atom. The predicted molar refractivity (Wildman–Crippen MR) is 73.1 cm³/mol. The summed E-state index contributed by atoms with van der Waals surface area (Å²) in [4.78, 5) is 24.5. The van der Waals surface area contributed by atoms with Crippen LogP contribution in [0.1, 0.15) is 32.6 Å². The first-order valence-corrected chi connectivity index (χ1v) is 6.89. The van der Waals surface area contributed by atoms with Crippen LogP contribution < -0.4 is 10.6 Å². The van der Waals surface area contributed by atoms with Crippen molar-refractivity contribution in [1.29, 1.82) is 0 Å². The maximum atomic E-state index is 11.6. The molecule has 1 rings (SSSR count). The van der Waals surface area contributed by atoms with Crippen LogP contribution in [0.4, 0.5) is 4.79 Å². The minimum Gasteiger partial charge on any atom is -0.481 e. The van der Waals surface area contributed by atoms with Gasteiger partial charge in [0.2, 0.25) is 0 Å². The third-order valence-electron chi connectivity index (χ3n) is 3.88. The van der Waals surface area contributed by atoms with E-state index in [9.17, 15) is 9.59 Å². The quantitative estimate of drug-likeness (QED) is 0.612. The molecule has 6 heteroatoms. The van der Waals surface area contributed by atoms with E-state index in [-0.39, 0.29) is 17.9 Å². The van der Waals surface area contributed by atoms with Crippen molar-refractivity contribution in [1.82, 2.24) is 15.5 Å². The van der Waals surface area contributed by atoms with Crippen LogP contribution >= 0.6 is 0 Å². The number of carboxylic acid groups (broad SMARTS) is 1. The summed E-state index contributed by atoms with van der Waals surface area (Å²) in [6.45, 7) is 4.87. The van der Waals surface area contributed by atoms with E-state index >= 15 is 0 Å². The zero-order valence-electron chi connectivity index (χ0n) is 11.9. The van der Waals surface area contributed by atoms with Gasteiger partial charge in [-0.25, -0.2) is 4.79 Å². The van der Waals surface area contributed by atoms with Crippen LogP contribution in [0.5, 0.6) is 0 Å². The Labute approximate surface area is 114 Å². The van der Waals surface area contributed by atoms with Crippen LogP contribution in [0.25, 0.3) is 0 Å². The molecule has 19 heavy (non-hydrogen) atoms. The number of carboxylic acids is 1. The largest absolute Gasteiger partial charge is 0.481 e. The Bertz CT molecular complexity index is 316. The number of likely N-dealkylation sites (N-methyl/N-ethyl adjacent to an activating group) is 1. The average Bonchev–Trinajstić information content (AvgIpc) is 2.31. The van der Waals surface area contributed by atoms with Gasteiger partial charge in [-0.15, -0.1) is 0 Å². The molecule has 0 unspecified atom stereocenters. The lowest BCUT2D eigenvalue weighted by Gasteiger charge is -2.40. The summed E-state index contributed by atoms with van der Waals surface area (Å²) in [5.41, 5.74) is -0.219. The van der Waals surface area contributed by atoms with E-state index in [0.29, 0.717) is 13.1 Å². The van der Waals surface area contributed by atoms with E-state index in [2.05, 4.69) is 22.5 Å². The summed E-state index contributed by atoms with van der Waals surface area (Å²) in [5, 5.41) is 14.4. The highest BCUT2D eigenvalue weighted by Crippen LogP contribution is 2.43. The van der Waals surface area contributed by atoms with Crippen molar-refractivity contribution in [3.8, 4) is 0 Å². The molecule has 0 atom stereocenters. The Hall–Kier alpha value is -1.30. The smallest absolute Gasteiger partial charge is 0.314 e. The summed E-state index contributed by atoms with van der Waals surface area (Å²) in [5.74, 6) is -0.786. The Balaban J connectivity index is 2.20. The average molecular weight is 271 g/mol. The summed E-state index contributed by atoms with van der Waals surface area (Å²) < 4.78 is 0. The fraction of sp³-hybridized carbons (Fsp3) is 0.846. The zero-order valence-corrected chi connectivity index (χ0v) is 11.9. The number of rotatable bonds is 8. The van der Waals surface area contributed by atoms with Crippen molar-refractivity contribution in [2.45, 2.75) is 32.6 Å². The molecule has 1 saturated carbocycles. The van der Waals surface area contributed by atoms with Gasteiger partial charge >= 0.3 is 12.0 Å². The van der Waals surface area contributed by atoms with Gasteiger partial charge in [-0.1, -0.05) is 13.3 Å². The monoisotopic (exact) mass is 271 g/mol. The van der Waals surface area contributed by atoms with E-state index in [1.807, 2.05) is 7.05 Å². The molecule has 0 bridgehead atoms. The lowest BCUT2D eigenvalue weighted by molar-refractivity contribution is -0.141. The SMILES string of the molecule is CCN(C)CCNC(=O)NCC1(CC(=O)O)CCC1. The first kappa shape index (κ1) is 15.8. The molecule has 0 aromatic carbocycles. The number of nitrogens with one attached hydrogen (secondary N) is 2. The number of hydrogen-bond donors (Lipinski definition) is 3. The molecule has 2 amide bonds. The lowest BCUT2D eigenvalue weighted by Crippen LogP contribution is -2.47. The van der Waals surface area contributed by atoms with Crippen LogP contribution in [0, 0.1) is 5.41 Å². The molecule has 0 radical (unpaired) electrons. The lowest BCUT2D eigenvalue weighted by atomic mass is 9.66. The number of hydrogen-bond acceptors (Lipinski definition) is 3. The second kappa shape index (κ2) is 7.33. The topological polar surface area (TPSA) is 81.7 Å². The predicted octanol–water partition coefficient (Wildman–Crippen LogP) is 0.882. The van der Waals surface area contributed by atoms with Gasteiger partial charge in [0.05, 0.1) is 6.42 Å². The van der Waals surface area contributed by atoms with Crippen molar-refractivity contribution in [2.75, 3.05) is 33.2 Å². The number of carbonyl (C=O) groups excluding carboxylic acids is 1. The van der Waals surface area contributed by atoms with Crippen molar-refractivity contribution in [2.24, 2.45) is 5.41 Å². The first-order chi connectivity index (χ1) is 8.97. The molecule has 0 heterocycles. The first-order valence-electron chi connectivity index (χ1n) is 6.89. The maximum Gasteiger partial charge on any atom is 0.314 e. The second-order valence-corrected chi connectivity index (χ2v) is 5.43. The van der Waals surface area contributed by atoms with Gasteiger partial charge < -0.3 is 20.6 Å². The second-order valence-electron chi connectivity index (χ2n) is 5.43. The number of nitrogens with zero attached hydrogens (tertiary/aromatic N) is 1. The van der Waals surface area contributed by atoms with Crippen molar-refractivity contribution < 1.29 is 14.7 Å². The molecule has 0 spiro atoms. The number of urea groups is 1. The van der Waals surface area contributed by atoms with E-state index in [1.165, 1.54) is 0 Å². The molecule has 0 aromatic rings. The van der Waals surface area contributed by atoms with Crippen LogP contribution in [0.15, 0.2) is 0 Å². The van der Waals surface area contributed by atoms with Gasteiger partial charge in [0.15, 0.2) is 0 Å². The zero-order chi connectivity index (χ0) is 14.3. The number of aliphatic carboxylic acids is 1.